The SMILES string of the molecule is C/C(=C/c1ccc2[nH]c(=O)oc2c1)CN1CCC(Cc2ccc(F)cc2)CC1. The predicted octanol–water partition coefficient (Wildman–Crippen LogP) is 4.62. The van der Waals surface area contributed by atoms with Crippen LogP contribution in [0.25, 0.3) is 17.2 Å². The number of oxazole rings is 1. The number of fused-ring (bicyclic) bond motifs is 1. The Morgan fingerprint density at radius 1 is 1.21 bits per heavy atom. The Bertz CT molecular complexity index is 1020. The van der Waals surface area contributed by atoms with Crippen molar-refractivity contribution in [2.45, 2.75) is 26.2 Å². The van der Waals surface area contributed by atoms with E-state index in [2.05, 4.69) is 22.9 Å². The van der Waals surface area contributed by atoms with Crippen molar-refractivity contribution in [3.8, 4) is 0 Å². The van der Waals surface area contributed by atoms with Crippen molar-refractivity contribution in [2.24, 2.45) is 5.92 Å². The molecule has 1 fully saturated rings. The Labute approximate surface area is 163 Å². The van der Waals surface area contributed by atoms with Crippen molar-refractivity contribution in [3.05, 3.63) is 75.5 Å². The minimum atomic E-state index is -0.420. The van der Waals surface area contributed by atoms with E-state index in [0.29, 0.717) is 11.5 Å². The topological polar surface area (TPSA) is 49.2 Å². The Morgan fingerprint density at radius 2 is 1.96 bits per heavy atom. The quantitative estimate of drug-likeness (QED) is 0.703. The molecule has 1 N–H and O–H groups in total. The summed E-state index contributed by atoms with van der Waals surface area (Å²) in [5.74, 6) is 0.0832. The molecule has 1 aliphatic rings. The lowest BCUT2D eigenvalue weighted by Gasteiger charge is -2.32. The van der Waals surface area contributed by atoms with Gasteiger partial charge in [-0.15, -0.1) is 0 Å². The summed E-state index contributed by atoms with van der Waals surface area (Å²) in [5.41, 5.74) is 4.87. The molecular weight excluding hydrogens is 355 g/mol. The van der Waals surface area contributed by atoms with E-state index in [9.17, 15) is 9.18 Å². The molecule has 0 unspecified atom stereocenters. The lowest BCUT2D eigenvalue weighted by Crippen LogP contribution is -2.35. The van der Waals surface area contributed by atoms with Crippen molar-refractivity contribution >= 4 is 17.2 Å². The van der Waals surface area contributed by atoms with Crippen LogP contribution in [0.5, 0.6) is 0 Å². The van der Waals surface area contributed by atoms with E-state index < -0.39 is 5.76 Å². The van der Waals surface area contributed by atoms with Gasteiger partial charge in [0.15, 0.2) is 5.58 Å². The third kappa shape index (κ3) is 4.60. The highest BCUT2D eigenvalue weighted by molar-refractivity contribution is 5.75. The van der Waals surface area contributed by atoms with Gasteiger partial charge in [0.1, 0.15) is 5.82 Å². The van der Waals surface area contributed by atoms with Crippen molar-refractivity contribution in [1.29, 1.82) is 0 Å². The van der Waals surface area contributed by atoms with Gasteiger partial charge in [0, 0.05) is 6.54 Å². The molecule has 0 atom stereocenters. The molecule has 2 aromatic carbocycles. The van der Waals surface area contributed by atoms with E-state index in [4.69, 9.17) is 4.42 Å². The van der Waals surface area contributed by atoms with Gasteiger partial charge < -0.3 is 4.42 Å². The summed E-state index contributed by atoms with van der Waals surface area (Å²) in [6.45, 7) is 5.26. The van der Waals surface area contributed by atoms with Crippen LogP contribution in [0.15, 0.2) is 57.2 Å². The van der Waals surface area contributed by atoms with E-state index in [1.54, 1.807) is 12.1 Å². The van der Waals surface area contributed by atoms with E-state index in [1.807, 2.05) is 30.3 Å². The third-order valence-corrected chi connectivity index (χ3v) is 5.48. The van der Waals surface area contributed by atoms with Gasteiger partial charge in [0.05, 0.1) is 5.52 Å². The molecule has 1 aromatic heterocycles. The molecule has 0 radical (unpaired) electrons. The van der Waals surface area contributed by atoms with Gasteiger partial charge in [-0.05, 0) is 80.6 Å². The van der Waals surface area contributed by atoms with Crippen LogP contribution in [-0.4, -0.2) is 29.5 Å². The molecule has 2 heterocycles. The second-order valence-electron chi connectivity index (χ2n) is 7.81. The number of hydrogen-bond acceptors (Lipinski definition) is 3. The number of rotatable bonds is 5. The Balaban J connectivity index is 1.31. The maximum atomic E-state index is 13.0. The number of H-pyrrole nitrogens is 1. The molecule has 0 aliphatic carbocycles. The smallest absolute Gasteiger partial charge is 0.408 e. The number of benzene rings is 2. The minimum Gasteiger partial charge on any atom is -0.408 e. The first-order valence-electron chi connectivity index (χ1n) is 9.82. The van der Waals surface area contributed by atoms with Gasteiger partial charge in [-0.3, -0.25) is 9.88 Å². The van der Waals surface area contributed by atoms with Crippen LogP contribution in [0.3, 0.4) is 0 Å². The number of nitrogens with one attached hydrogen (secondary N) is 1. The van der Waals surface area contributed by atoms with Gasteiger partial charge in [-0.25, -0.2) is 9.18 Å². The predicted molar refractivity (Wildman–Crippen MR) is 110 cm³/mol. The van der Waals surface area contributed by atoms with E-state index in [-0.39, 0.29) is 5.82 Å². The molecule has 1 saturated heterocycles. The van der Waals surface area contributed by atoms with Gasteiger partial charge in [-0.2, -0.15) is 0 Å². The van der Waals surface area contributed by atoms with Gasteiger partial charge in [-0.1, -0.05) is 29.8 Å². The lowest BCUT2D eigenvalue weighted by molar-refractivity contribution is 0.197. The van der Waals surface area contributed by atoms with Crippen molar-refractivity contribution in [3.63, 3.8) is 0 Å². The van der Waals surface area contributed by atoms with Crippen LogP contribution in [0.2, 0.25) is 0 Å². The van der Waals surface area contributed by atoms with E-state index >= 15 is 0 Å². The normalized spacial score (nSPS) is 16.7. The third-order valence-electron chi connectivity index (χ3n) is 5.48. The Kier molecular flexibility index (Phi) is 5.44. The van der Waals surface area contributed by atoms with Gasteiger partial charge in [0.25, 0.3) is 0 Å². The summed E-state index contributed by atoms with van der Waals surface area (Å²) in [4.78, 5) is 16.4. The summed E-state index contributed by atoms with van der Waals surface area (Å²) >= 11 is 0. The number of hydrogen-bond donors (Lipinski definition) is 1. The van der Waals surface area contributed by atoms with Crippen LogP contribution in [0, 0.1) is 11.7 Å². The standard InChI is InChI=1S/C23H25FN2O2/c1-16(12-19-4-7-21-22(14-19)28-23(27)25-21)15-26-10-8-18(9-11-26)13-17-2-5-20(24)6-3-17/h2-7,12,14,18H,8-11,13,15H2,1H3,(H,25,27)/b16-12-. The molecule has 0 spiro atoms. The summed E-state index contributed by atoms with van der Waals surface area (Å²) in [5, 5.41) is 0. The van der Waals surface area contributed by atoms with Crippen LogP contribution in [-0.2, 0) is 6.42 Å². The van der Waals surface area contributed by atoms with Crippen LogP contribution in [0.1, 0.15) is 30.9 Å². The number of piperidine rings is 1. The van der Waals surface area contributed by atoms with Crippen LogP contribution < -0.4 is 5.76 Å². The number of aromatic amines is 1. The molecular formula is C23H25FN2O2. The molecule has 0 bridgehead atoms. The highest BCUT2D eigenvalue weighted by Crippen LogP contribution is 2.23. The van der Waals surface area contributed by atoms with Gasteiger partial charge in [0.2, 0.25) is 0 Å². The first-order chi connectivity index (χ1) is 13.5. The molecule has 4 rings (SSSR count). The number of aromatic nitrogens is 1. The molecule has 5 heteroatoms. The monoisotopic (exact) mass is 380 g/mol. The van der Waals surface area contributed by atoms with Crippen molar-refractivity contribution in [1.82, 2.24) is 9.88 Å². The zero-order valence-electron chi connectivity index (χ0n) is 16.1. The number of halogens is 1. The van der Waals surface area contributed by atoms with Gasteiger partial charge >= 0.3 is 5.76 Å². The maximum Gasteiger partial charge on any atom is 0.417 e. The van der Waals surface area contributed by atoms with Crippen molar-refractivity contribution in [2.75, 3.05) is 19.6 Å². The lowest BCUT2D eigenvalue weighted by atomic mass is 9.90. The average molecular weight is 380 g/mol. The molecule has 0 amide bonds. The van der Waals surface area contributed by atoms with Crippen LogP contribution >= 0.6 is 0 Å². The van der Waals surface area contributed by atoms with Crippen LogP contribution in [0.4, 0.5) is 4.39 Å². The fraction of sp³-hybridized carbons (Fsp3) is 0.348. The van der Waals surface area contributed by atoms with E-state index in [1.165, 1.54) is 24.0 Å². The number of nitrogens with zero attached hydrogens (tertiary/aromatic N) is 1. The number of likely N-dealkylation sites (tertiary alicyclic amines) is 1. The summed E-state index contributed by atoms with van der Waals surface area (Å²) in [6, 6.07) is 12.7. The highest BCUT2D eigenvalue weighted by Gasteiger charge is 2.19. The second kappa shape index (κ2) is 8.15. The first kappa shape index (κ1) is 18.7. The summed E-state index contributed by atoms with van der Waals surface area (Å²) < 4.78 is 18.2. The minimum absolute atomic E-state index is 0.168. The highest BCUT2D eigenvalue weighted by atomic mass is 19.1. The summed E-state index contributed by atoms with van der Waals surface area (Å²) in [7, 11) is 0. The zero-order chi connectivity index (χ0) is 19.5. The van der Waals surface area contributed by atoms with E-state index in [0.717, 1.165) is 37.1 Å². The summed E-state index contributed by atoms with van der Waals surface area (Å²) in [6.07, 6.45) is 5.53. The molecule has 28 heavy (non-hydrogen) atoms. The van der Waals surface area contributed by atoms with Crippen molar-refractivity contribution < 1.29 is 8.81 Å². The first-order valence-corrected chi connectivity index (χ1v) is 9.82. The molecule has 3 aromatic rings. The zero-order valence-corrected chi connectivity index (χ0v) is 16.1. The second-order valence-corrected chi connectivity index (χ2v) is 7.81. The molecule has 1 aliphatic heterocycles. The fourth-order valence-corrected chi connectivity index (χ4v) is 4.04. The molecule has 4 nitrogen and oxygen atoms in total. The average Bonchev–Trinajstić information content (AvgIpc) is 3.04. The fourth-order valence-electron chi connectivity index (χ4n) is 4.04. The molecule has 0 saturated carbocycles. The maximum absolute atomic E-state index is 13.0. The molecule has 146 valence electrons. The Hall–Kier alpha value is -2.66. The largest absolute Gasteiger partial charge is 0.417 e. The Morgan fingerprint density at radius 3 is 2.71 bits per heavy atom.